The van der Waals surface area contributed by atoms with Crippen molar-refractivity contribution in [3.63, 3.8) is 0 Å². The van der Waals surface area contributed by atoms with Gasteiger partial charge in [0.05, 0.1) is 48.8 Å². The van der Waals surface area contributed by atoms with E-state index in [2.05, 4.69) is 0 Å². The molecular weight excluding hydrogens is 809 g/mol. The molecule has 4 aliphatic carbocycles. The molecule has 382 valence electrons. The minimum atomic E-state index is 0.628. The van der Waals surface area contributed by atoms with Crippen molar-refractivity contribution in [2.24, 2.45) is 29.1 Å². The largest absolute Gasteiger partial charge is 0.370 e. The van der Waals surface area contributed by atoms with Crippen molar-refractivity contribution in [3.05, 3.63) is 0 Å². The van der Waals surface area contributed by atoms with E-state index in [-0.39, 0.29) is 0 Å². The minimum Gasteiger partial charge on any atom is -0.370 e. The van der Waals surface area contributed by atoms with Gasteiger partial charge in [0, 0.05) is 0 Å². The molecule has 0 N–H and O–H groups in total. The molecule has 4 saturated carbocycles. The van der Waals surface area contributed by atoms with Crippen LogP contribution >= 0.6 is 0 Å². The number of rotatable bonds is 41. The molecule has 12 unspecified atom stereocenters. The van der Waals surface area contributed by atoms with Gasteiger partial charge in [-0.15, -0.1) is 0 Å². The molecule has 4 heterocycles. The number of unbranched alkanes of at least 4 members (excludes halogenated alkanes) is 25. The number of hydrogen-bond acceptors (Lipinski definition) is 4. The van der Waals surface area contributed by atoms with E-state index in [0.717, 1.165) is 23.7 Å². The van der Waals surface area contributed by atoms with Crippen LogP contribution in [0.4, 0.5) is 0 Å². The molecule has 8 rings (SSSR count). The molecule has 4 nitrogen and oxygen atoms in total. The van der Waals surface area contributed by atoms with E-state index < -0.39 is 0 Å². The highest BCUT2D eigenvalue weighted by atomic mass is 16.6. The summed E-state index contributed by atoms with van der Waals surface area (Å²) in [5, 5.41) is 0. The van der Waals surface area contributed by atoms with Gasteiger partial charge in [-0.05, 0) is 132 Å². The summed E-state index contributed by atoms with van der Waals surface area (Å²) in [6, 6.07) is 0. The molecule has 0 spiro atoms. The minimum absolute atomic E-state index is 0.628. The topological polar surface area (TPSA) is 50.1 Å². The van der Waals surface area contributed by atoms with Gasteiger partial charge in [0.15, 0.2) is 0 Å². The first-order valence-electron chi connectivity index (χ1n) is 31.3. The molecule has 4 saturated heterocycles. The average Bonchev–Trinajstić information content (AvgIpc) is 4.13. The third-order valence-electron chi connectivity index (χ3n) is 20.0. The van der Waals surface area contributed by atoms with E-state index >= 15 is 0 Å². The van der Waals surface area contributed by atoms with Gasteiger partial charge in [-0.3, -0.25) is 0 Å². The van der Waals surface area contributed by atoms with Crippen LogP contribution in [0.3, 0.4) is 0 Å². The maximum absolute atomic E-state index is 5.81. The van der Waals surface area contributed by atoms with Crippen molar-refractivity contribution in [1.82, 2.24) is 0 Å². The first-order chi connectivity index (χ1) is 32.7. The summed E-state index contributed by atoms with van der Waals surface area (Å²) in [4.78, 5) is 0. The standard InChI is InChI=1S/C62H110O4/c1(6-14-22-30-50-34-38-54-58(46-50)63-54)2-10-18-26-42-62(43-27-19-11-3-7-15-23-31-51-35-39-55-59(47-51)64-55,44-28-20-12-4-8-16-24-32-52-36-40-56-60(48-52)65-56)45-29-21-13-5-9-17-25-33-53-37-41-57-61(49-53)66-57/h50-61H,1-49H2. The Morgan fingerprint density at radius 2 is 0.409 bits per heavy atom. The smallest absolute Gasteiger partial charge is 0.0844 e. The maximum atomic E-state index is 5.81. The van der Waals surface area contributed by atoms with Crippen molar-refractivity contribution in [2.45, 2.75) is 363 Å². The molecule has 0 aromatic rings. The fourth-order valence-corrected chi connectivity index (χ4v) is 15.2. The SMILES string of the molecule is C(CCCCCC(CCCCCCCCCC1CCC2OC2C1)(CCCCCCCCCC1CCC2OC2C1)CCCCCCCCCC1CCC2OC2C1)CCCCC1CCC2OC2C1. The third kappa shape index (κ3) is 19.8. The molecule has 0 aromatic carbocycles. The van der Waals surface area contributed by atoms with E-state index in [9.17, 15) is 0 Å². The summed E-state index contributed by atoms with van der Waals surface area (Å²) in [5.74, 6) is 3.89. The second-order valence-electron chi connectivity index (χ2n) is 25.5. The monoisotopic (exact) mass is 919 g/mol. The summed E-state index contributed by atoms with van der Waals surface area (Å²) in [6.07, 6.45) is 77.0. The van der Waals surface area contributed by atoms with Crippen LogP contribution in [0.2, 0.25) is 0 Å². The van der Waals surface area contributed by atoms with E-state index in [4.69, 9.17) is 18.9 Å². The highest BCUT2D eigenvalue weighted by molar-refractivity contribution is 4.94. The van der Waals surface area contributed by atoms with Crippen molar-refractivity contribution in [3.8, 4) is 0 Å². The molecule has 0 bridgehead atoms. The van der Waals surface area contributed by atoms with E-state index in [1.165, 1.54) is 315 Å². The Morgan fingerprint density at radius 3 is 0.621 bits per heavy atom. The molecule has 8 aliphatic rings. The van der Waals surface area contributed by atoms with Crippen LogP contribution in [0, 0.1) is 29.1 Å². The lowest BCUT2D eigenvalue weighted by atomic mass is 9.70. The van der Waals surface area contributed by atoms with Gasteiger partial charge < -0.3 is 18.9 Å². The highest BCUT2D eigenvalue weighted by Gasteiger charge is 2.46. The Labute approximate surface area is 409 Å². The molecule has 0 aromatic heterocycles. The lowest BCUT2D eigenvalue weighted by molar-refractivity contribution is 0.171. The van der Waals surface area contributed by atoms with Crippen LogP contribution in [0.5, 0.6) is 0 Å². The van der Waals surface area contributed by atoms with Crippen molar-refractivity contribution in [1.29, 1.82) is 0 Å². The molecular formula is C62H110O4. The third-order valence-corrected chi connectivity index (χ3v) is 20.0. The van der Waals surface area contributed by atoms with Gasteiger partial charge in [-0.2, -0.15) is 0 Å². The van der Waals surface area contributed by atoms with Crippen molar-refractivity contribution >= 4 is 0 Å². The first kappa shape index (κ1) is 52.2. The van der Waals surface area contributed by atoms with Crippen LogP contribution < -0.4 is 0 Å². The van der Waals surface area contributed by atoms with Crippen LogP contribution in [0.1, 0.15) is 315 Å². The van der Waals surface area contributed by atoms with Crippen LogP contribution in [-0.4, -0.2) is 48.8 Å². The number of fused-ring (bicyclic) bond motifs is 4. The van der Waals surface area contributed by atoms with Gasteiger partial charge >= 0.3 is 0 Å². The van der Waals surface area contributed by atoms with E-state index in [0.29, 0.717) is 54.2 Å². The maximum Gasteiger partial charge on any atom is 0.0844 e. The lowest BCUT2D eigenvalue weighted by Crippen LogP contribution is -2.21. The Morgan fingerprint density at radius 1 is 0.212 bits per heavy atom. The fraction of sp³-hybridized carbons (Fsp3) is 1.00. The average molecular weight is 920 g/mol. The summed E-state index contributed by atoms with van der Waals surface area (Å²) in [5.41, 5.74) is 0.628. The normalized spacial score (nSPS) is 33.6. The zero-order chi connectivity index (χ0) is 44.9. The van der Waals surface area contributed by atoms with Gasteiger partial charge in [-0.25, -0.2) is 0 Å². The molecule has 0 amide bonds. The van der Waals surface area contributed by atoms with Crippen LogP contribution in [0.25, 0.3) is 0 Å². The first-order valence-corrected chi connectivity index (χ1v) is 31.3. The van der Waals surface area contributed by atoms with E-state index in [1.54, 1.807) is 0 Å². The molecule has 4 heteroatoms. The number of ether oxygens (including phenoxy) is 4. The van der Waals surface area contributed by atoms with Crippen molar-refractivity contribution in [2.75, 3.05) is 0 Å². The lowest BCUT2D eigenvalue weighted by Gasteiger charge is -2.35. The predicted molar refractivity (Wildman–Crippen MR) is 277 cm³/mol. The zero-order valence-corrected chi connectivity index (χ0v) is 43.7. The van der Waals surface area contributed by atoms with Gasteiger partial charge in [0.25, 0.3) is 0 Å². The van der Waals surface area contributed by atoms with Gasteiger partial charge in [0.1, 0.15) is 0 Å². The predicted octanol–water partition coefficient (Wildman–Crippen LogP) is 18.7. The molecule has 66 heavy (non-hydrogen) atoms. The molecule has 12 atom stereocenters. The summed E-state index contributed by atoms with van der Waals surface area (Å²) >= 11 is 0. The Kier molecular flexibility index (Phi) is 23.2. The Hall–Kier alpha value is -0.160. The molecule has 4 aliphatic heterocycles. The number of epoxide rings is 4. The highest BCUT2D eigenvalue weighted by Crippen LogP contribution is 2.45. The van der Waals surface area contributed by atoms with Crippen molar-refractivity contribution < 1.29 is 18.9 Å². The fourth-order valence-electron chi connectivity index (χ4n) is 15.2. The van der Waals surface area contributed by atoms with Gasteiger partial charge in [-0.1, -0.05) is 212 Å². The van der Waals surface area contributed by atoms with Crippen LogP contribution in [0.15, 0.2) is 0 Å². The van der Waals surface area contributed by atoms with E-state index in [1.807, 2.05) is 0 Å². The molecule has 8 fully saturated rings. The van der Waals surface area contributed by atoms with Crippen LogP contribution in [-0.2, 0) is 18.9 Å². The zero-order valence-electron chi connectivity index (χ0n) is 43.7. The van der Waals surface area contributed by atoms with Gasteiger partial charge in [0.2, 0.25) is 0 Å². The summed E-state index contributed by atoms with van der Waals surface area (Å²) in [7, 11) is 0. The molecule has 0 radical (unpaired) electrons. The number of hydrogen-bond donors (Lipinski definition) is 0. The second-order valence-corrected chi connectivity index (χ2v) is 25.5. The Bertz CT molecular complexity index is 1160. The quantitative estimate of drug-likeness (QED) is 0.0453. The summed E-state index contributed by atoms with van der Waals surface area (Å²) < 4.78 is 23.2. The second kappa shape index (κ2) is 29.4. The summed E-state index contributed by atoms with van der Waals surface area (Å²) in [6.45, 7) is 0. The Balaban J connectivity index is 0.715.